The number of para-hydroxylation sites is 1. The van der Waals surface area contributed by atoms with Crippen LogP contribution < -0.4 is 25.2 Å². The van der Waals surface area contributed by atoms with E-state index >= 15 is 0 Å². The van der Waals surface area contributed by atoms with Crippen molar-refractivity contribution in [2.45, 2.75) is 45.4 Å². The summed E-state index contributed by atoms with van der Waals surface area (Å²) in [4.78, 5) is 31.9. The van der Waals surface area contributed by atoms with Crippen molar-refractivity contribution in [2.24, 2.45) is 0 Å². The predicted octanol–water partition coefficient (Wildman–Crippen LogP) is 4.87. The Morgan fingerprint density at radius 3 is 2.11 bits per heavy atom. The maximum Gasteiger partial charge on any atom is 0.259 e. The van der Waals surface area contributed by atoms with E-state index in [4.69, 9.17) is 19.7 Å². The van der Waals surface area contributed by atoms with Gasteiger partial charge in [-0.05, 0) is 69.2 Å². The van der Waals surface area contributed by atoms with Gasteiger partial charge in [0.15, 0.2) is 0 Å². The van der Waals surface area contributed by atoms with Gasteiger partial charge < -0.3 is 30.3 Å². The van der Waals surface area contributed by atoms with Gasteiger partial charge in [-0.15, -0.1) is 0 Å². The highest BCUT2D eigenvalue weighted by Gasteiger charge is 2.21. The van der Waals surface area contributed by atoms with Crippen LogP contribution >= 0.6 is 0 Å². The van der Waals surface area contributed by atoms with Crippen LogP contribution in [-0.2, 0) is 0 Å². The van der Waals surface area contributed by atoms with E-state index in [9.17, 15) is 9.90 Å². The summed E-state index contributed by atoms with van der Waals surface area (Å²) < 4.78 is 5.45. The third-order valence-corrected chi connectivity index (χ3v) is 7.09. The van der Waals surface area contributed by atoms with E-state index < -0.39 is 5.91 Å². The number of hydrogen-bond acceptors (Lipinski definition) is 9. The molecule has 2 fully saturated rings. The van der Waals surface area contributed by atoms with Crippen molar-refractivity contribution in [2.75, 3.05) is 53.7 Å². The number of rotatable bonds is 7. The number of phenols is 1. The lowest BCUT2D eigenvalue weighted by atomic mass is 10.1. The standard InChI is InChI=1S/C28H35N7O3/c1-19-10-9-11-21(24(19)36)25(37)29-22-13-12-20(38-2)18-23(22)30-26-31-27(34-14-5-3-6-15-34)33-28(32-26)35-16-7-4-8-17-35/h9-13,18,36H,3-8,14-17H2,1-2H3,(H,29,37)(H,30,31,32,33). The molecule has 2 aromatic carbocycles. The average Bonchev–Trinajstić information content (AvgIpc) is 2.96. The molecule has 2 saturated heterocycles. The van der Waals surface area contributed by atoms with E-state index in [-0.39, 0.29) is 11.3 Å². The zero-order valence-electron chi connectivity index (χ0n) is 22.0. The Morgan fingerprint density at radius 1 is 0.868 bits per heavy atom. The number of aryl methyl sites for hydroxylation is 1. The molecule has 0 unspecified atom stereocenters. The molecule has 0 saturated carbocycles. The van der Waals surface area contributed by atoms with Gasteiger partial charge >= 0.3 is 0 Å². The lowest BCUT2D eigenvalue weighted by Crippen LogP contribution is -2.34. The Bertz CT molecular complexity index is 1250. The molecule has 2 aliphatic rings. The summed E-state index contributed by atoms with van der Waals surface area (Å²) in [5, 5.41) is 16.6. The third-order valence-electron chi connectivity index (χ3n) is 7.09. The molecule has 0 bridgehead atoms. The number of nitrogens with zero attached hydrogens (tertiary/aromatic N) is 5. The number of piperidine rings is 2. The summed E-state index contributed by atoms with van der Waals surface area (Å²) in [5.74, 6) is 1.90. The van der Waals surface area contributed by atoms with Crippen LogP contribution in [0.4, 0.5) is 29.2 Å². The monoisotopic (exact) mass is 517 g/mol. The SMILES string of the molecule is COc1ccc(NC(=O)c2cccc(C)c2O)c(Nc2nc(N3CCCCC3)nc(N3CCCCC3)n2)c1. The second-order valence-corrected chi connectivity index (χ2v) is 9.82. The molecule has 2 aliphatic heterocycles. The highest BCUT2D eigenvalue weighted by atomic mass is 16.5. The van der Waals surface area contributed by atoms with Gasteiger partial charge in [-0.25, -0.2) is 0 Å². The molecule has 0 radical (unpaired) electrons. The lowest BCUT2D eigenvalue weighted by molar-refractivity contribution is 0.102. The molecule has 1 amide bonds. The fourth-order valence-electron chi connectivity index (χ4n) is 4.90. The maximum atomic E-state index is 13.1. The fraction of sp³-hybridized carbons (Fsp3) is 0.429. The zero-order chi connectivity index (χ0) is 26.5. The van der Waals surface area contributed by atoms with Gasteiger partial charge in [-0.1, -0.05) is 12.1 Å². The first kappa shape index (κ1) is 25.6. The number of methoxy groups -OCH3 is 1. The van der Waals surface area contributed by atoms with Crippen LogP contribution in [0.15, 0.2) is 36.4 Å². The van der Waals surface area contributed by atoms with E-state index in [1.807, 2.05) is 0 Å². The molecule has 10 heteroatoms. The first-order valence-electron chi connectivity index (χ1n) is 13.3. The third kappa shape index (κ3) is 5.74. The molecule has 200 valence electrons. The molecule has 38 heavy (non-hydrogen) atoms. The maximum absolute atomic E-state index is 13.1. The lowest BCUT2D eigenvalue weighted by Gasteiger charge is -2.30. The number of carbonyl (C=O) groups is 1. The Balaban J connectivity index is 1.48. The predicted molar refractivity (Wildman–Crippen MR) is 149 cm³/mol. The zero-order valence-corrected chi connectivity index (χ0v) is 22.0. The Labute approximate surface area is 223 Å². The molecule has 0 aliphatic carbocycles. The summed E-state index contributed by atoms with van der Waals surface area (Å²) in [6, 6.07) is 10.4. The molecule has 3 heterocycles. The quantitative estimate of drug-likeness (QED) is 0.404. The van der Waals surface area contributed by atoms with Gasteiger partial charge in [-0.3, -0.25) is 4.79 Å². The smallest absolute Gasteiger partial charge is 0.259 e. The van der Waals surface area contributed by atoms with Crippen LogP contribution in [-0.4, -0.2) is 59.3 Å². The summed E-state index contributed by atoms with van der Waals surface area (Å²) in [7, 11) is 1.59. The molecular weight excluding hydrogens is 482 g/mol. The number of benzene rings is 2. The number of nitrogens with one attached hydrogen (secondary N) is 2. The fourth-order valence-corrected chi connectivity index (χ4v) is 4.90. The highest BCUT2D eigenvalue weighted by molar-refractivity contribution is 6.08. The number of amides is 1. The number of phenolic OH excluding ortho intramolecular Hbond substituents is 1. The molecule has 3 N–H and O–H groups in total. The van der Waals surface area contributed by atoms with Crippen molar-refractivity contribution in [3.05, 3.63) is 47.5 Å². The van der Waals surface area contributed by atoms with Gasteiger partial charge in [0.25, 0.3) is 5.91 Å². The first-order chi connectivity index (χ1) is 18.5. The summed E-state index contributed by atoms with van der Waals surface area (Å²) in [6.07, 6.45) is 6.90. The molecule has 0 atom stereocenters. The Morgan fingerprint density at radius 2 is 1.50 bits per heavy atom. The van der Waals surface area contributed by atoms with Crippen molar-refractivity contribution in [1.82, 2.24) is 15.0 Å². The van der Waals surface area contributed by atoms with E-state index in [2.05, 4.69) is 20.4 Å². The molecule has 1 aromatic heterocycles. The topological polar surface area (TPSA) is 116 Å². The minimum Gasteiger partial charge on any atom is -0.507 e. The summed E-state index contributed by atoms with van der Waals surface area (Å²) in [5.41, 5.74) is 1.92. The molecular formula is C28H35N7O3. The summed E-state index contributed by atoms with van der Waals surface area (Å²) in [6.45, 7) is 5.44. The highest BCUT2D eigenvalue weighted by Crippen LogP contribution is 2.32. The minimum atomic E-state index is -0.418. The van der Waals surface area contributed by atoms with E-state index in [0.717, 1.165) is 51.9 Å². The van der Waals surface area contributed by atoms with Crippen LogP contribution in [0.3, 0.4) is 0 Å². The second kappa shape index (κ2) is 11.5. The normalized spacial score (nSPS) is 15.7. The largest absolute Gasteiger partial charge is 0.507 e. The van der Waals surface area contributed by atoms with Crippen LogP contribution in [0.5, 0.6) is 11.5 Å². The second-order valence-electron chi connectivity index (χ2n) is 9.82. The van der Waals surface area contributed by atoms with Gasteiger partial charge in [0, 0.05) is 32.2 Å². The molecule has 5 rings (SSSR count). The number of hydrogen-bond donors (Lipinski definition) is 3. The van der Waals surface area contributed by atoms with Gasteiger partial charge in [0.1, 0.15) is 11.5 Å². The first-order valence-corrected chi connectivity index (χ1v) is 13.3. The van der Waals surface area contributed by atoms with Crippen molar-refractivity contribution >= 4 is 35.1 Å². The van der Waals surface area contributed by atoms with E-state index in [0.29, 0.717) is 40.5 Å². The van der Waals surface area contributed by atoms with Crippen LogP contribution in [0, 0.1) is 6.92 Å². The van der Waals surface area contributed by atoms with E-state index in [1.54, 1.807) is 50.4 Å². The molecule has 0 spiro atoms. The number of ether oxygens (including phenoxy) is 1. The van der Waals surface area contributed by atoms with Gasteiger partial charge in [0.2, 0.25) is 17.8 Å². The van der Waals surface area contributed by atoms with Crippen molar-refractivity contribution in [3.8, 4) is 11.5 Å². The van der Waals surface area contributed by atoms with Crippen molar-refractivity contribution in [1.29, 1.82) is 0 Å². The average molecular weight is 518 g/mol. The minimum absolute atomic E-state index is 0.0390. The Kier molecular flexibility index (Phi) is 7.76. The summed E-state index contributed by atoms with van der Waals surface area (Å²) >= 11 is 0. The van der Waals surface area contributed by atoms with Gasteiger partial charge in [0.05, 0.1) is 24.0 Å². The van der Waals surface area contributed by atoms with Crippen LogP contribution in [0.2, 0.25) is 0 Å². The van der Waals surface area contributed by atoms with E-state index in [1.165, 1.54) is 12.8 Å². The molecule has 3 aromatic rings. The number of anilines is 5. The van der Waals surface area contributed by atoms with Crippen LogP contribution in [0.25, 0.3) is 0 Å². The molecule has 10 nitrogen and oxygen atoms in total. The van der Waals surface area contributed by atoms with Gasteiger partial charge in [-0.2, -0.15) is 15.0 Å². The van der Waals surface area contributed by atoms with Crippen molar-refractivity contribution < 1.29 is 14.6 Å². The number of aromatic hydroxyl groups is 1. The van der Waals surface area contributed by atoms with Crippen LogP contribution in [0.1, 0.15) is 54.4 Å². The number of aromatic nitrogens is 3. The van der Waals surface area contributed by atoms with Crippen molar-refractivity contribution in [3.63, 3.8) is 0 Å². The number of carbonyl (C=O) groups excluding carboxylic acids is 1. The Hall–Kier alpha value is -4.08.